The van der Waals surface area contributed by atoms with Gasteiger partial charge in [-0.1, -0.05) is 13.0 Å². The molecule has 10 nitrogen and oxygen atoms in total. The van der Waals surface area contributed by atoms with Crippen LogP contribution in [0.3, 0.4) is 0 Å². The van der Waals surface area contributed by atoms with Crippen molar-refractivity contribution in [1.29, 1.82) is 0 Å². The van der Waals surface area contributed by atoms with E-state index in [9.17, 15) is 19.2 Å². The Hall–Kier alpha value is -3.30. The summed E-state index contributed by atoms with van der Waals surface area (Å²) >= 11 is 0. The van der Waals surface area contributed by atoms with Gasteiger partial charge in [-0.3, -0.25) is 19.3 Å². The highest BCUT2D eigenvalue weighted by molar-refractivity contribution is 6.09. The van der Waals surface area contributed by atoms with Crippen LogP contribution in [0.4, 0.5) is 4.79 Å². The summed E-state index contributed by atoms with van der Waals surface area (Å²) < 4.78 is 10.6. The third kappa shape index (κ3) is 3.96. The van der Waals surface area contributed by atoms with E-state index in [2.05, 4.69) is 16.0 Å². The lowest BCUT2D eigenvalue weighted by atomic mass is 9.91. The van der Waals surface area contributed by atoms with E-state index in [-0.39, 0.29) is 12.7 Å². The molecule has 0 unspecified atom stereocenters. The first-order valence-corrected chi connectivity index (χ1v) is 9.37. The van der Waals surface area contributed by atoms with Crippen molar-refractivity contribution >= 4 is 23.8 Å². The Labute approximate surface area is 167 Å². The second-order valence-corrected chi connectivity index (χ2v) is 7.09. The lowest BCUT2D eigenvalue weighted by Gasteiger charge is -2.22. The minimum Gasteiger partial charge on any atom is -0.454 e. The van der Waals surface area contributed by atoms with E-state index in [1.165, 1.54) is 6.92 Å². The zero-order chi connectivity index (χ0) is 21.2. The Morgan fingerprint density at radius 3 is 2.72 bits per heavy atom. The van der Waals surface area contributed by atoms with Crippen LogP contribution in [0.2, 0.25) is 0 Å². The summed E-state index contributed by atoms with van der Waals surface area (Å²) in [5.41, 5.74) is -0.835. The molecule has 0 spiro atoms. The SMILES string of the molecule is CCCNC(=O)[C@H](C)NC(=O)CN1C(=O)N[C@](C)(c2ccc3c(c2)OCO3)C1=O. The van der Waals surface area contributed by atoms with E-state index in [0.29, 0.717) is 23.6 Å². The molecule has 1 aromatic carbocycles. The minimum absolute atomic E-state index is 0.0894. The first-order valence-electron chi connectivity index (χ1n) is 9.37. The quantitative estimate of drug-likeness (QED) is 0.558. The predicted molar refractivity (Wildman–Crippen MR) is 101 cm³/mol. The molecule has 1 aromatic rings. The molecule has 1 fully saturated rings. The highest BCUT2D eigenvalue weighted by atomic mass is 16.7. The summed E-state index contributed by atoms with van der Waals surface area (Å²) in [4.78, 5) is 50.3. The average molecular weight is 404 g/mol. The van der Waals surface area contributed by atoms with Gasteiger partial charge in [-0.25, -0.2) is 4.79 Å². The largest absolute Gasteiger partial charge is 0.454 e. The number of carbonyl (C=O) groups is 4. The number of nitrogens with zero attached hydrogens (tertiary/aromatic N) is 1. The molecule has 3 N–H and O–H groups in total. The van der Waals surface area contributed by atoms with Gasteiger partial charge < -0.3 is 25.4 Å². The third-order valence-corrected chi connectivity index (χ3v) is 4.85. The molecule has 1 saturated heterocycles. The summed E-state index contributed by atoms with van der Waals surface area (Å²) in [7, 11) is 0. The van der Waals surface area contributed by atoms with Crippen LogP contribution in [0.1, 0.15) is 32.8 Å². The van der Waals surface area contributed by atoms with Crippen LogP contribution in [-0.4, -0.2) is 54.6 Å². The Bertz CT molecular complexity index is 857. The van der Waals surface area contributed by atoms with E-state index in [0.717, 1.165) is 11.3 Å². The van der Waals surface area contributed by atoms with Crippen LogP contribution >= 0.6 is 0 Å². The van der Waals surface area contributed by atoms with Gasteiger partial charge >= 0.3 is 6.03 Å². The van der Waals surface area contributed by atoms with Gasteiger partial charge in [-0.05, 0) is 38.0 Å². The molecule has 0 radical (unpaired) electrons. The summed E-state index contributed by atoms with van der Waals surface area (Å²) in [6, 6.07) is 3.48. The highest BCUT2D eigenvalue weighted by Gasteiger charge is 2.50. The third-order valence-electron chi connectivity index (χ3n) is 4.85. The monoisotopic (exact) mass is 404 g/mol. The molecule has 2 atom stereocenters. The second kappa shape index (κ2) is 7.98. The van der Waals surface area contributed by atoms with Crippen molar-refractivity contribution in [3.63, 3.8) is 0 Å². The standard InChI is InChI=1S/C19H24N4O6/c1-4-7-20-16(25)11(2)21-15(24)9-23-17(26)19(3,22-18(23)27)12-5-6-13-14(8-12)29-10-28-13/h5-6,8,11H,4,7,9-10H2,1-3H3,(H,20,25)(H,21,24)(H,22,27)/t11-,19+/m0/s1. The Morgan fingerprint density at radius 2 is 2.00 bits per heavy atom. The number of nitrogens with one attached hydrogen (secondary N) is 3. The van der Waals surface area contributed by atoms with Gasteiger partial charge in [0.1, 0.15) is 18.1 Å². The lowest BCUT2D eigenvalue weighted by Crippen LogP contribution is -2.49. The predicted octanol–water partition coefficient (Wildman–Crippen LogP) is 0.213. The fraction of sp³-hybridized carbons (Fsp3) is 0.474. The number of imide groups is 1. The summed E-state index contributed by atoms with van der Waals surface area (Å²) in [5.74, 6) is -0.473. The molecule has 2 aliphatic rings. The van der Waals surface area contributed by atoms with Gasteiger partial charge in [-0.15, -0.1) is 0 Å². The van der Waals surface area contributed by atoms with Crippen molar-refractivity contribution in [3.05, 3.63) is 23.8 Å². The van der Waals surface area contributed by atoms with Crippen LogP contribution < -0.4 is 25.4 Å². The van der Waals surface area contributed by atoms with E-state index in [4.69, 9.17) is 9.47 Å². The molecule has 0 bridgehead atoms. The molecule has 29 heavy (non-hydrogen) atoms. The van der Waals surface area contributed by atoms with Crippen LogP contribution in [0.15, 0.2) is 18.2 Å². The molecule has 0 aliphatic carbocycles. The minimum atomic E-state index is -1.34. The van der Waals surface area contributed by atoms with E-state index >= 15 is 0 Å². The van der Waals surface area contributed by atoms with Gasteiger partial charge in [0.05, 0.1) is 0 Å². The van der Waals surface area contributed by atoms with Crippen molar-refractivity contribution in [2.75, 3.05) is 19.9 Å². The number of urea groups is 1. The zero-order valence-electron chi connectivity index (χ0n) is 16.5. The fourth-order valence-electron chi connectivity index (χ4n) is 3.14. The first-order chi connectivity index (χ1) is 13.8. The maximum atomic E-state index is 12.9. The maximum absolute atomic E-state index is 12.9. The number of carbonyl (C=O) groups excluding carboxylic acids is 4. The maximum Gasteiger partial charge on any atom is 0.325 e. The van der Waals surface area contributed by atoms with Gasteiger partial charge in [0.15, 0.2) is 11.5 Å². The fourth-order valence-corrected chi connectivity index (χ4v) is 3.14. The van der Waals surface area contributed by atoms with Crippen molar-refractivity contribution in [2.45, 2.75) is 38.8 Å². The van der Waals surface area contributed by atoms with Crippen molar-refractivity contribution < 1.29 is 28.7 Å². The van der Waals surface area contributed by atoms with Crippen LogP contribution in [0.25, 0.3) is 0 Å². The normalized spacial score (nSPS) is 21.0. The van der Waals surface area contributed by atoms with Gasteiger partial charge in [0, 0.05) is 6.54 Å². The smallest absolute Gasteiger partial charge is 0.325 e. The van der Waals surface area contributed by atoms with E-state index in [1.54, 1.807) is 25.1 Å². The topological polar surface area (TPSA) is 126 Å². The molecule has 2 heterocycles. The van der Waals surface area contributed by atoms with Crippen molar-refractivity contribution in [1.82, 2.24) is 20.9 Å². The molecule has 0 saturated carbocycles. The van der Waals surface area contributed by atoms with E-state index < -0.39 is 36.0 Å². The number of amides is 5. The number of rotatable bonds is 7. The molecular weight excluding hydrogens is 380 g/mol. The highest BCUT2D eigenvalue weighted by Crippen LogP contribution is 2.37. The molecule has 2 aliphatic heterocycles. The summed E-state index contributed by atoms with van der Waals surface area (Å²) in [6.45, 7) is 5.11. The number of fused-ring (bicyclic) bond motifs is 1. The van der Waals surface area contributed by atoms with Gasteiger partial charge in [-0.2, -0.15) is 0 Å². The first kappa shape index (κ1) is 20.4. The molecule has 3 rings (SSSR count). The average Bonchev–Trinajstić information content (AvgIpc) is 3.24. The van der Waals surface area contributed by atoms with Gasteiger partial charge in [0.2, 0.25) is 18.6 Å². The molecule has 156 valence electrons. The summed E-state index contributed by atoms with van der Waals surface area (Å²) in [6.07, 6.45) is 0.771. The zero-order valence-corrected chi connectivity index (χ0v) is 16.5. The Balaban J connectivity index is 1.67. The molecule has 5 amide bonds. The van der Waals surface area contributed by atoms with Crippen LogP contribution in [0, 0.1) is 0 Å². The van der Waals surface area contributed by atoms with Crippen molar-refractivity contribution in [3.8, 4) is 11.5 Å². The van der Waals surface area contributed by atoms with Crippen molar-refractivity contribution in [2.24, 2.45) is 0 Å². The molecule has 0 aromatic heterocycles. The van der Waals surface area contributed by atoms with Gasteiger partial charge in [0.25, 0.3) is 5.91 Å². The van der Waals surface area contributed by atoms with Crippen LogP contribution in [0.5, 0.6) is 11.5 Å². The number of hydrogen-bond acceptors (Lipinski definition) is 6. The number of ether oxygens (including phenoxy) is 2. The summed E-state index contributed by atoms with van der Waals surface area (Å²) in [5, 5.41) is 7.79. The lowest BCUT2D eigenvalue weighted by molar-refractivity contribution is -0.135. The Kier molecular flexibility index (Phi) is 5.62. The number of hydrogen-bond donors (Lipinski definition) is 3. The second-order valence-electron chi connectivity index (χ2n) is 7.09. The molecular formula is C19H24N4O6. The van der Waals surface area contributed by atoms with E-state index in [1.807, 2.05) is 6.92 Å². The van der Waals surface area contributed by atoms with Crippen LogP contribution in [-0.2, 0) is 19.9 Å². The Morgan fingerprint density at radius 1 is 1.28 bits per heavy atom. The number of benzene rings is 1. The molecule has 10 heteroatoms.